The molecule has 1 fully saturated rings. The molecule has 2 aliphatic rings. The molecule has 2 amide bonds. The minimum Gasteiger partial charge on any atom is -0.455 e. The average molecular weight is 392 g/mol. The Kier molecular flexibility index (Phi) is 5.34. The predicted octanol–water partition coefficient (Wildman–Crippen LogP) is 2.73. The van der Waals surface area contributed by atoms with Gasteiger partial charge in [0.2, 0.25) is 5.91 Å². The first kappa shape index (κ1) is 19.2. The largest absolute Gasteiger partial charge is 0.455 e. The summed E-state index contributed by atoms with van der Waals surface area (Å²) in [5.41, 5.74) is 3.98. The summed E-state index contributed by atoms with van der Waals surface area (Å²) < 4.78 is 5.28. The van der Waals surface area contributed by atoms with Crippen LogP contribution in [-0.2, 0) is 32.0 Å². The Labute approximate surface area is 170 Å². The summed E-state index contributed by atoms with van der Waals surface area (Å²) in [5, 5.41) is 0. The third-order valence-electron chi connectivity index (χ3n) is 5.64. The van der Waals surface area contributed by atoms with Gasteiger partial charge in [0, 0.05) is 30.9 Å². The van der Waals surface area contributed by atoms with E-state index >= 15 is 0 Å². The van der Waals surface area contributed by atoms with E-state index in [2.05, 4.69) is 6.92 Å². The summed E-state index contributed by atoms with van der Waals surface area (Å²) >= 11 is 0. The van der Waals surface area contributed by atoms with E-state index in [0.717, 1.165) is 29.8 Å². The van der Waals surface area contributed by atoms with Gasteiger partial charge in [0.05, 0.1) is 5.92 Å². The van der Waals surface area contributed by atoms with Crippen molar-refractivity contribution in [1.82, 2.24) is 0 Å². The van der Waals surface area contributed by atoms with E-state index < -0.39 is 11.9 Å². The quantitative estimate of drug-likeness (QED) is 0.734. The van der Waals surface area contributed by atoms with Crippen LogP contribution in [0.25, 0.3) is 0 Å². The SMILES string of the molecule is CCc1ccc(N2C[C@H](C(=O)OCC(=O)N3CCc4ccccc43)CC2=O)cc1. The van der Waals surface area contributed by atoms with E-state index in [-0.39, 0.29) is 31.4 Å². The molecule has 6 nitrogen and oxygen atoms in total. The van der Waals surface area contributed by atoms with E-state index in [4.69, 9.17) is 4.74 Å². The van der Waals surface area contributed by atoms with Gasteiger partial charge in [-0.2, -0.15) is 0 Å². The maximum absolute atomic E-state index is 12.5. The van der Waals surface area contributed by atoms with Crippen LogP contribution in [0.4, 0.5) is 11.4 Å². The van der Waals surface area contributed by atoms with Crippen LogP contribution < -0.4 is 9.80 Å². The summed E-state index contributed by atoms with van der Waals surface area (Å²) in [4.78, 5) is 40.6. The number of benzene rings is 2. The van der Waals surface area contributed by atoms with Gasteiger partial charge in [-0.3, -0.25) is 14.4 Å². The normalized spacial score (nSPS) is 18.1. The van der Waals surface area contributed by atoms with Crippen molar-refractivity contribution in [3.63, 3.8) is 0 Å². The number of ether oxygens (including phenoxy) is 1. The molecule has 0 spiro atoms. The molecule has 2 aromatic carbocycles. The van der Waals surface area contributed by atoms with Crippen LogP contribution in [0.3, 0.4) is 0 Å². The summed E-state index contributed by atoms with van der Waals surface area (Å²) in [7, 11) is 0. The van der Waals surface area contributed by atoms with Gasteiger partial charge in [-0.25, -0.2) is 0 Å². The molecular weight excluding hydrogens is 368 g/mol. The number of fused-ring (bicyclic) bond motifs is 1. The molecule has 29 heavy (non-hydrogen) atoms. The molecule has 0 N–H and O–H groups in total. The van der Waals surface area contributed by atoms with E-state index in [1.165, 1.54) is 5.56 Å². The first-order valence-corrected chi connectivity index (χ1v) is 10.0. The first-order chi connectivity index (χ1) is 14.1. The van der Waals surface area contributed by atoms with Crippen molar-refractivity contribution >= 4 is 29.2 Å². The Morgan fingerprint density at radius 1 is 1.10 bits per heavy atom. The van der Waals surface area contributed by atoms with Gasteiger partial charge < -0.3 is 14.5 Å². The fourth-order valence-electron chi connectivity index (χ4n) is 3.95. The zero-order valence-corrected chi connectivity index (χ0v) is 16.5. The number of anilines is 2. The van der Waals surface area contributed by atoms with Gasteiger partial charge in [-0.15, -0.1) is 0 Å². The molecule has 1 atom stereocenters. The lowest BCUT2D eigenvalue weighted by Crippen LogP contribution is -2.34. The van der Waals surface area contributed by atoms with Crippen molar-refractivity contribution in [2.24, 2.45) is 5.92 Å². The van der Waals surface area contributed by atoms with Gasteiger partial charge in [0.15, 0.2) is 6.61 Å². The van der Waals surface area contributed by atoms with Crippen molar-refractivity contribution in [2.45, 2.75) is 26.2 Å². The van der Waals surface area contributed by atoms with Gasteiger partial charge in [-0.1, -0.05) is 37.3 Å². The van der Waals surface area contributed by atoms with Crippen molar-refractivity contribution in [1.29, 1.82) is 0 Å². The molecule has 0 unspecified atom stereocenters. The van der Waals surface area contributed by atoms with Gasteiger partial charge in [-0.05, 0) is 42.2 Å². The summed E-state index contributed by atoms with van der Waals surface area (Å²) in [6.45, 7) is 2.65. The van der Waals surface area contributed by atoms with Crippen LogP contribution >= 0.6 is 0 Å². The van der Waals surface area contributed by atoms with Crippen molar-refractivity contribution in [3.05, 3.63) is 59.7 Å². The van der Waals surface area contributed by atoms with E-state index in [9.17, 15) is 14.4 Å². The number of rotatable bonds is 5. The zero-order chi connectivity index (χ0) is 20.4. The number of esters is 1. The Morgan fingerprint density at radius 2 is 1.86 bits per heavy atom. The number of amides is 2. The lowest BCUT2D eigenvalue weighted by atomic mass is 10.1. The smallest absolute Gasteiger partial charge is 0.311 e. The summed E-state index contributed by atoms with van der Waals surface area (Å²) in [6, 6.07) is 15.5. The molecule has 0 saturated carbocycles. The maximum Gasteiger partial charge on any atom is 0.311 e. The van der Waals surface area contributed by atoms with E-state index in [1.807, 2.05) is 48.5 Å². The van der Waals surface area contributed by atoms with Gasteiger partial charge >= 0.3 is 5.97 Å². The molecule has 0 bridgehead atoms. The molecule has 2 aromatic rings. The van der Waals surface area contributed by atoms with Crippen molar-refractivity contribution in [2.75, 3.05) is 29.5 Å². The van der Waals surface area contributed by atoms with Crippen molar-refractivity contribution < 1.29 is 19.1 Å². The number of hydrogen-bond donors (Lipinski definition) is 0. The van der Waals surface area contributed by atoms with Crippen LogP contribution in [-0.4, -0.2) is 37.5 Å². The highest BCUT2D eigenvalue weighted by molar-refractivity contribution is 6.00. The van der Waals surface area contributed by atoms with Crippen LogP contribution in [0.5, 0.6) is 0 Å². The summed E-state index contributed by atoms with van der Waals surface area (Å²) in [5.74, 6) is -1.38. The second kappa shape index (κ2) is 8.07. The topological polar surface area (TPSA) is 66.9 Å². The third kappa shape index (κ3) is 3.88. The molecule has 150 valence electrons. The van der Waals surface area contributed by atoms with Gasteiger partial charge in [0.25, 0.3) is 5.91 Å². The minimum atomic E-state index is -0.549. The van der Waals surface area contributed by atoms with Crippen LogP contribution in [0.2, 0.25) is 0 Å². The first-order valence-electron chi connectivity index (χ1n) is 10.0. The number of hydrogen-bond acceptors (Lipinski definition) is 4. The Bertz CT molecular complexity index is 938. The zero-order valence-electron chi connectivity index (χ0n) is 16.5. The Morgan fingerprint density at radius 3 is 2.62 bits per heavy atom. The highest BCUT2D eigenvalue weighted by atomic mass is 16.5. The number of carbonyl (C=O) groups excluding carboxylic acids is 3. The molecule has 4 rings (SSSR count). The lowest BCUT2D eigenvalue weighted by molar-refractivity contribution is -0.151. The molecular formula is C23H24N2O4. The molecule has 0 radical (unpaired) electrons. The Balaban J connectivity index is 1.33. The van der Waals surface area contributed by atoms with Crippen molar-refractivity contribution in [3.8, 4) is 0 Å². The minimum absolute atomic E-state index is 0.101. The average Bonchev–Trinajstić information content (AvgIpc) is 3.35. The van der Waals surface area contributed by atoms with Crippen LogP contribution in [0.1, 0.15) is 24.5 Å². The fourth-order valence-corrected chi connectivity index (χ4v) is 3.95. The Hall–Kier alpha value is -3.15. The van der Waals surface area contributed by atoms with E-state index in [0.29, 0.717) is 6.54 Å². The molecule has 1 saturated heterocycles. The molecule has 0 aromatic heterocycles. The summed E-state index contributed by atoms with van der Waals surface area (Å²) in [6.07, 6.45) is 1.84. The number of nitrogens with zero attached hydrogens (tertiary/aromatic N) is 2. The molecule has 2 heterocycles. The number of aryl methyl sites for hydroxylation is 1. The second-order valence-electron chi connectivity index (χ2n) is 7.46. The van der Waals surface area contributed by atoms with E-state index in [1.54, 1.807) is 9.80 Å². The fraction of sp³-hybridized carbons (Fsp3) is 0.348. The second-order valence-corrected chi connectivity index (χ2v) is 7.46. The van der Waals surface area contributed by atoms with Crippen LogP contribution in [0, 0.1) is 5.92 Å². The highest BCUT2D eigenvalue weighted by Crippen LogP contribution is 2.28. The third-order valence-corrected chi connectivity index (χ3v) is 5.64. The van der Waals surface area contributed by atoms with Gasteiger partial charge in [0.1, 0.15) is 0 Å². The lowest BCUT2D eigenvalue weighted by Gasteiger charge is -2.18. The number of carbonyl (C=O) groups is 3. The molecule has 0 aliphatic carbocycles. The van der Waals surface area contributed by atoms with Crippen LogP contribution in [0.15, 0.2) is 48.5 Å². The number of para-hydroxylation sites is 1. The highest BCUT2D eigenvalue weighted by Gasteiger charge is 2.36. The standard InChI is InChI=1S/C23H24N2O4/c1-2-16-7-9-19(10-8-16)25-14-18(13-21(25)26)23(28)29-15-22(27)24-12-11-17-5-3-4-6-20(17)24/h3-10,18H,2,11-15H2,1H3/t18-/m1/s1. The maximum atomic E-state index is 12.5. The monoisotopic (exact) mass is 392 g/mol. The molecule has 6 heteroatoms. The molecule has 2 aliphatic heterocycles. The predicted molar refractivity (Wildman–Crippen MR) is 110 cm³/mol.